The molecule has 0 spiro atoms. The first-order valence-electron chi connectivity index (χ1n) is 13.7. The fourth-order valence-corrected chi connectivity index (χ4v) is 5.26. The van der Waals surface area contributed by atoms with Gasteiger partial charge in [-0.1, -0.05) is 30.3 Å². The molecule has 0 bridgehead atoms. The average Bonchev–Trinajstić information content (AvgIpc) is 2.94. The highest BCUT2D eigenvalue weighted by atomic mass is 16.5. The van der Waals surface area contributed by atoms with E-state index in [1.165, 1.54) is 7.11 Å². The smallest absolute Gasteiger partial charge is 0.338 e. The molecule has 40 heavy (non-hydrogen) atoms. The number of nitrogens with one attached hydrogen (secondary N) is 1. The van der Waals surface area contributed by atoms with Gasteiger partial charge in [0.2, 0.25) is 5.91 Å². The number of carbonyl (C=O) groups excluding carboxylic acids is 3. The van der Waals surface area contributed by atoms with Gasteiger partial charge in [-0.2, -0.15) is 0 Å². The second-order valence-electron chi connectivity index (χ2n) is 9.80. The highest BCUT2D eigenvalue weighted by Gasteiger charge is 2.39. The lowest BCUT2D eigenvalue weighted by molar-refractivity contribution is -0.139. The number of hydrogen-bond acceptors (Lipinski definition) is 7. The Bertz CT molecular complexity index is 1230. The predicted molar refractivity (Wildman–Crippen MR) is 150 cm³/mol. The lowest BCUT2D eigenvalue weighted by atomic mass is 9.93. The summed E-state index contributed by atoms with van der Waals surface area (Å²) in [7, 11) is 1.51. The Morgan fingerprint density at radius 2 is 1.77 bits per heavy atom. The Balaban J connectivity index is 1.67. The van der Waals surface area contributed by atoms with Gasteiger partial charge in [-0.25, -0.2) is 9.59 Å². The number of rotatable bonds is 10. The van der Waals surface area contributed by atoms with Crippen LogP contribution in [0.25, 0.3) is 0 Å². The summed E-state index contributed by atoms with van der Waals surface area (Å²) in [6.07, 6.45) is 0. The monoisotopic (exact) mass is 550 g/mol. The Hall–Kier alpha value is -3.89. The molecule has 3 amide bonds. The van der Waals surface area contributed by atoms with Crippen LogP contribution in [0, 0.1) is 0 Å². The molecule has 0 radical (unpaired) electrons. The summed E-state index contributed by atoms with van der Waals surface area (Å²) in [6, 6.07) is 15.7. The summed E-state index contributed by atoms with van der Waals surface area (Å²) in [5.41, 5.74) is 1.71. The van der Waals surface area contributed by atoms with E-state index in [0.717, 1.165) is 0 Å². The molecule has 10 heteroatoms. The van der Waals surface area contributed by atoms with Crippen LogP contribution < -0.4 is 10.1 Å². The number of benzene rings is 2. The number of methoxy groups -OCH3 is 1. The van der Waals surface area contributed by atoms with Crippen molar-refractivity contribution < 1.29 is 28.6 Å². The van der Waals surface area contributed by atoms with Gasteiger partial charge < -0.3 is 24.4 Å². The lowest BCUT2D eigenvalue weighted by Gasteiger charge is -2.42. The third-order valence-corrected chi connectivity index (χ3v) is 7.09. The largest absolute Gasteiger partial charge is 0.463 e. The van der Waals surface area contributed by atoms with E-state index in [4.69, 9.17) is 14.2 Å². The zero-order valence-electron chi connectivity index (χ0n) is 23.6. The summed E-state index contributed by atoms with van der Waals surface area (Å²) < 4.78 is 16.6. The molecule has 2 aromatic rings. The van der Waals surface area contributed by atoms with Crippen LogP contribution in [0.15, 0.2) is 65.9 Å². The molecule has 2 atom stereocenters. The van der Waals surface area contributed by atoms with Crippen LogP contribution in [0.1, 0.15) is 32.4 Å². The lowest BCUT2D eigenvalue weighted by Crippen LogP contribution is -2.57. The second kappa shape index (κ2) is 13.5. The number of carbonyl (C=O) groups is 3. The van der Waals surface area contributed by atoms with Crippen molar-refractivity contribution in [2.45, 2.75) is 32.9 Å². The van der Waals surface area contributed by atoms with E-state index in [9.17, 15) is 14.4 Å². The average molecular weight is 551 g/mol. The number of nitrogens with zero attached hydrogens (tertiary/aromatic N) is 3. The maximum atomic E-state index is 13.5. The number of esters is 1. The molecule has 1 saturated heterocycles. The Morgan fingerprint density at radius 3 is 2.45 bits per heavy atom. The van der Waals surface area contributed by atoms with Crippen LogP contribution in [0.5, 0.6) is 11.5 Å². The predicted octanol–water partition coefficient (Wildman–Crippen LogP) is 3.56. The molecule has 2 heterocycles. The summed E-state index contributed by atoms with van der Waals surface area (Å²) >= 11 is 0. The molecule has 214 valence electrons. The number of urea groups is 1. The standard InChI is InChI=1S/C30H38N4O6/c1-5-33-25(19-32-15-16-34(21(3)18-32)26(35)20-38-4)27(29(36)39-6-2)28(31-30(33)37)22-11-10-14-24(17-22)40-23-12-8-7-9-13-23/h7-14,17,21,28H,5-6,15-16,18-20H2,1-4H3,(H,31,37). The molecule has 0 saturated carbocycles. The molecule has 1 fully saturated rings. The van der Waals surface area contributed by atoms with E-state index in [0.29, 0.717) is 61.1 Å². The van der Waals surface area contributed by atoms with Crippen LogP contribution in [-0.4, -0.2) is 91.7 Å². The second-order valence-corrected chi connectivity index (χ2v) is 9.80. The summed E-state index contributed by atoms with van der Waals surface area (Å²) in [5, 5.41) is 3.01. The molecule has 4 rings (SSSR count). The Kier molecular flexibility index (Phi) is 9.79. The molecule has 0 aromatic heterocycles. The minimum atomic E-state index is -0.717. The Morgan fingerprint density at radius 1 is 1.02 bits per heavy atom. The highest BCUT2D eigenvalue weighted by molar-refractivity contribution is 5.95. The molecule has 2 aliphatic heterocycles. The Labute approximate surface area is 235 Å². The van der Waals surface area contributed by atoms with E-state index >= 15 is 0 Å². The van der Waals surface area contributed by atoms with Gasteiger partial charge >= 0.3 is 12.0 Å². The summed E-state index contributed by atoms with van der Waals surface area (Å²) in [6.45, 7) is 8.36. The van der Waals surface area contributed by atoms with Crippen LogP contribution >= 0.6 is 0 Å². The van der Waals surface area contributed by atoms with Gasteiger partial charge in [0.25, 0.3) is 0 Å². The van der Waals surface area contributed by atoms with Gasteiger partial charge in [0.1, 0.15) is 18.1 Å². The van der Waals surface area contributed by atoms with Gasteiger partial charge in [0.05, 0.1) is 18.2 Å². The molecule has 2 aliphatic rings. The maximum Gasteiger partial charge on any atom is 0.338 e. The number of para-hydroxylation sites is 1. The number of ether oxygens (including phenoxy) is 3. The molecule has 10 nitrogen and oxygen atoms in total. The van der Waals surface area contributed by atoms with Crippen molar-refractivity contribution in [2.75, 3.05) is 53.0 Å². The molecule has 1 N–H and O–H groups in total. The summed E-state index contributed by atoms with van der Waals surface area (Å²) in [4.78, 5) is 44.9. The van der Waals surface area contributed by atoms with E-state index in [1.54, 1.807) is 11.8 Å². The molecule has 2 aromatic carbocycles. The molecular weight excluding hydrogens is 512 g/mol. The first-order valence-corrected chi connectivity index (χ1v) is 13.7. The molecule has 2 unspecified atom stereocenters. The number of amides is 3. The quantitative estimate of drug-likeness (QED) is 0.452. The van der Waals surface area contributed by atoms with E-state index in [-0.39, 0.29) is 31.2 Å². The van der Waals surface area contributed by atoms with Crippen molar-refractivity contribution in [1.29, 1.82) is 0 Å². The van der Waals surface area contributed by atoms with Crippen LogP contribution in [0.3, 0.4) is 0 Å². The van der Waals surface area contributed by atoms with Gasteiger partial charge in [0.15, 0.2) is 0 Å². The van der Waals surface area contributed by atoms with Gasteiger partial charge in [-0.3, -0.25) is 14.6 Å². The fraction of sp³-hybridized carbons (Fsp3) is 0.433. The molecular formula is C30H38N4O6. The maximum absolute atomic E-state index is 13.5. The van der Waals surface area contributed by atoms with Gasteiger partial charge in [-0.05, 0) is 50.6 Å². The van der Waals surface area contributed by atoms with Crippen LogP contribution in [0.2, 0.25) is 0 Å². The normalized spacial score (nSPS) is 19.9. The zero-order chi connectivity index (χ0) is 28.6. The van der Waals surface area contributed by atoms with Crippen molar-refractivity contribution in [3.05, 3.63) is 71.4 Å². The number of piperazine rings is 1. The fourth-order valence-electron chi connectivity index (χ4n) is 5.26. The first-order chi connectivity index (χ1) is 19.4. The van der Waals surface area contributed by atoms with Crippen molar-refractivity contribution in [3.63, 3.8) is 0 Å². The molecule has 0 aliphatic carbocycles. The van der Waals surface area contributed by atoms with E-state index in [1.807, 2.05) is 73.3 Å². The van der Waals surface area contributed by atoms with Crippen molar-refractivity contribution in [2.24, 2.45) is 0 Å². The van der Waals surface area contributed by atoms with Crippen molar-refractivity contribution >= 4 is 17.9 Å². The highest BCUT2D eigenvalue weighted by Crippen LogP contribution is 2.34. The van der Waals surface area contributed by atoms with Gasteiger partial charge in [0, 0.05) is 51.6 Å². The number of hydrogen-bond donors (Lipinski definition) is 1. The van der Waals surface area contributed by atoms with Crippen molar-refractivity contribution in [3.8, 4) is 11.5 Å². The third-order valence-electron chi connectivity index (χ3n) is 7.09. The SMILES string of the molecule is CCOC(=O)C1=C(CN2CCN(C(=O)COC)C(C)C2)N(CC)C(=O)NC1c1cccc(Oc2ccccc2)c1. The van der Waals surface area contributed by atoms with Crippen LogP contribution in [-0.2, 0) is 19.1 Å². The first kappa shape index (κ1) is 29.1. The topological polar surface area (TPSA) is 101 Å². The van der Waals surface area contributed by atoms with E-state index in [2.05, 4.69) is 10.2 Å². The van der Waals surface area contributed by atoms with E-state index < -0.39 is 12.0 Å². The minimum absolute atomic E-state index is 0.0427. The minimum Gasteiger partial charge on any atom is -0.463 e. The summed E-state index contributed by atoms with van der Waals surface area (Å²) in [5.74, 6) is 0.748. The van der Waals surface area contributed by atoms with Crippen molar-refractivity contribution in [1.82, 2.24) is 20.0 Å². The zero-order valence-corrected chi connectivity index (χ0v) is 23.6. The van der Waals surface area contributed by atoms with Gasteiger partial charge in [-0.15, -0.1) is 0 Å². The third kappa shape index (κ3) is 6.63. The number of likely N-dealkylation sites (N-methyl/N-ethyl adjacent to an activating group) is 1. The van der Waals surface area contributed by atoms with Crippen LogP contribution in [0.4, 0.5) is 4.79 Å².